The van der Waals surface area contributed by atoms with Gasteiger partial charge in [-0.2, -0.15) is 0 Å². The van der Waals surface area contributed by atoms with Crippen LogP contribution in [0.3, 0.4) is 0 Å². The van der Waals surface area contributed by atoms with Gasteiger partial charge in [0.2, 0.25) is 11.8 Å². The summed E-state index contributed by atoms with van der Waals surface area (Å²) in [7, 11) is 0. The molecule has 0 fully saturated rings. The Balaban J connectivity index is 4.76. The SMILES string of the molecule is NCCCCC(NC(=O)CN)C(=O)NC(CCC(=O)O)C(=O)O. The number of rotatable bonds is 12. The molecule has 8 N–H and O–H groups in total. The molecule has 0 aromatic heterocycles. The zero-order valence-corrected chi connectivity index (χ0v) is 12.8. The Morgan fingerprint density at radius 2 is 1.57 bits per heavy atom. The van der Waals surface area contributed by atoms with Gasteiger partial charge in [-0.25, -0.2) is 4.79 Å². The number of carboxylic acid groups (broad SMARTS) is 2. The number of unbranched alkanes of at least 4 members (excludes halogenated alkanes) is 1. The standard InChI is InChI=1S/C13H24N4O6/c14-6-2-1-3-8(16-10(18)7-15)12(21)17-9(13(22)23)4-5-11(19)20/h8-9H,1-7,14-15H2,(H,16,18)(H,17,21)(H,19,20)(H,22,23). The van der Waals surface area contributed by atoms with Crippen molar-refractivity contribution in [1.82, 2.24) is 10.6 Å². The van der Waals surface area contributed by atoms with Crippen LogP contribution in [0, 0.1) is 0 Å². The lowest BCUT2D eigenvalue weighted by Crippen LogP contribution is -2.52. The van der Waals surface area contributed by atoms with E-state index in [0.717, 1.165) is 0 Å². The quantitative estimate of drug-likeness (QED) is 0.221. The van der Waals surface area contributed by atoms with Crippen LogP contribution in [0.15, 0.2) is 0 Å². The van der Waals surface area contributed by atoms with E-state index in [0.29, 0.717) is 19.4 Å². The number of carboxylic acids is 2. The van der Waals surface area contributed by atoms with Crippen LogP contribution in [0.5, 0.6) is 0 Å². The van der Waals surface area contributed by atoms with E-state index in [1.807, 2.05) is 0 Å². The molecule has 0 spiro atoms. The second-order valence-electron chi connectivity index (χ2n) is 4.94. The van der Waals surface area contributed by atoms with Crippen molar-refractivity contribution < 1.29 is 29.4 Å². The Hall–Kier alpha value is -2.20. The molecule has 0 bridgehead atoms. The van der Waals surface area contributed by atoms with Crippen molar-refractivity contribution in [3.63, 3.8) is 0 Å². The fraction of sp³-hybridized carbons (Fsp3) is 0.692. The van der Waals surface area contributed by atoms with Crippen molar-refractivity contribution in [2.45, 2.75) is 44.2 Å². The van der Waals surface area contributed by atoms with Crippen LogP contribution in [0.4, 0.5) is 0 Å². The van der Waals surface area contributed by atoms with Crippen molar-refractivity contribution in [3.05, 3.63) is 0 Å². The lowest BCUT2D eigenvalue weighted by Gasteiger charge is -2.21. The molecular formula is C13H24N4O6. The topological polar surface area (TPSA) is 185 Å². The third-order valence-corrected chi connectivity index (χ3v) is 3.05. The minimum atomic E-state index is -1.34. The molecule has 132 valence electrons. The molecule has 2 unspecified atom stereocenters. The molecule has 2 atom stereocenters. The highest BCUT2D eigenvalue weighted by Crippen LogP contribution is 2.04. The average molecular weight is 332 g/mol. The smallest absolute Gasteiger partial charge is 0.326 e. The van der Waals surface area contributed by atoms with E-state index in [1.165, 1.54) is 0 Å². The number of amides is 2. The first-order valence-corrected chi connectivity index (χ1v) is 7.26. The first-order valence-electron chi connectivity index (χ1n) is 7.26. The minimum absolute atomic E-state index is 0.253. The van der Waals surface area contributed by atoms with Gasteiger partial charge >= 0.3 is 11.9 Å². The molecule has 0 heterocycles. The Bertz CT molecular complexity index is 429. The maximum atomic E-state index is 12.1. The molecule has 23 heavy (non-hydrogen) atoms. The van der Waals surface area contributed by atoms with Crippen LogP contribution in [0.1, 0.15) is 32.1 Å². The number of carbonyl (C=O) groups excluding carboxylic acids is 2. The maximum Gasteiger partial charge on any atom is 0.326 e. The molecule has 10 nitrogen and oxygen atoms in total. The normalized spacial score (nSPS) is 13.0. The van der Waals surface area contributed by atoms with Gasteiger partial charge in [0.25, 0.3) is 0 Å². The summed E-state index contributed by atoms with van der Waals surface area (Å²) in [5.74, 6) is -3.75. The Morgan fingerprint density at radius 3 is 2.04 bits per heavy atom. The van der Waals surface area contributed by atoms with Crippen LogP contribution in [0.2, 0.25) is 0 Å². The molecule has 0 rings (SSSR count). The molecule has 0 saturated heterocycles. The van der Waals surface area contributed by atoms with Crippen LogP contribution in [-0.2, 0) is 19.2 Å². The molecule has 0 aliphatic heterocycles. The lowest BCUT2D eigenvalue weighted by molar-refractivity contribution is -0.143. The van der Waals surface area contributed by atoms with Crippen LogP contribution in [0.25, 0.3) is 0 Å². The third kappa shape index (κ3) is 9.42. The summed E-state index contributed by atoms with van der Waals surface area (Å²) < 4.78 is 0. The van der Waals surface area contributed by atoms with Crippen molar-refractivity contribution in [1.29, 1.82) is 0 Å². The molecule has 0 aromatic rings. The first kappa shape index (κ1) is 20.8. The number of nitrogens with one attached hydrogen (secondary N) is 2. The van der Waals surface area contributed by atoms with Crippen LogP contribution in [-0.4, -0.2) is 59.1 Å². The van der Waals surface area contributed by atoms with Crippen LogP contribution < -0.4 is 22.1 Å². The molecule has 0 radical (unpaired) electrons. The second-order valence-corrected chi connectivity index (χ2v) is 4.94. The van der Waals surface area contributed by atoms with Gasteiger partial charge < -0.3 is 32.3 Å². The van der Waals surface area contributed by atoms with E-state index in [1.54, 1.807) is 0 Å². The van der Waals surface area contributed by atoms with E-state index in [-0.39, 0.29) is 19.4 Å². The summed E-state index contributed by atoms with van der Waals surface area (Å²) in [6.45, 7) is 0.123. The summed E-state index contributed by atoms with van der Waals surface area (Å²) in [6, 6.07) is -2.28. The highest BCUT2D eigenvalue weighted by molar-refractivity contribution is 5.90. The van der Waals surface area contributed by atoms with Crippen molar-refractivity contribution >= 4 is 23.8 Å². The molecule has 0 aliphatic carbocycles. The van der Waals surface area contributed by atoms with Gasteiger partial charge in [0.1, 0.15) is 12.1 Å². The Labute approximate surface area is 133 Å². The minimum Gasteiger partial charge on any atom is -0.481 e. The largest absolute Gasteiger partial charge is 0.481 e. The average Bonchev–Trinajstić information content (AvgIpc) is 2.49. The van der Waals surface area contributed by atoms with E-state index in [4.69, 9.17) is 21.7 Å². The Kier molecular flexibility index (Phi) is 10.3. The number of nitrogens with two attached hydrogens (primary N) is 2. The number of hydrogen-bond acceptors (Lipinski definition) is 6. The molecule has 10 heteroatoms. The summed E-state index contributed by atoms with van der Waals surface area (Å²) in [6.07, 6.45) is 0.830. The van der Waals surface area contributed by atoms with E-state index < -0.39 is 42.3 Å². The molecular weight excluding hydrogens is 308 g/mol. The van der Waals surface area contributed by atoms with Gasteiger partial charge in [-0.15, -0.1) is 0 Å². The zero-order valence-electron chi connectivity index (χ0n) is 12.8. The van der Waals surface area contributed by atoms with Gasteiger partial charge in [-0.3, -0.25) is 14.4 Å². The summed E-state index contributed by atoms with van der Waals surface area (Å²) in [4.78, 5) is 45.1. The van der Waals surface area contributed by atoms with Crippen molar-refractivity contribution in [2.75, 3.05) is 13.1 Å². The van der Waals surface area contributed by atoms with Gasteiger partial charge in [0.05, 0.1) is 6.54 Å². The Morgan fingerprint density at radius 1 is 0.913 bits per heavy atom. The first-order chi connectivity index (χ1) is 10.8. The van der Waals surface area contributed by atoms with Crippen molar-refractivity contribution in [3.8, 4) is 0 Å². The fourth-order valence-corrected chi connectivity index (χ4v) is 1.81. The summed E-state index contributed by atoms with van der Waals surface area (Å²) in [5.41, 5.74) is 10.5. The van der Waals surface area contributed by atoms with Crippen LogP contribution >= 0.6 is 0 Å². The number of carbonyl (C=O) groups is 4. The highest BCUT2D eigenvalue weighted by atomic mass is 16.4. The molecule has 0 saturated carbocycles. The zero-order chi connectivity index (χ0) is 17.8. The van der Waals surface area contributed by atoms with E-state index >= 15 is 0 Å². The van der Waals surface area contributed by atoms with Gasteiger partial charge in [-0.1, -0.05) is 0 Å². The number of aliphatic carboxylic acids is 2. The summed E-state index contributed by atoms with van der Waals surface area (Å²) in [5, 5.41) is 22.3. The van der Waals surface area contributed by atoms with E-state index in [9.17, 15) is 19.2 Å². The molecule has 2 amide bonds. The molecule has 0 aliphatic rings. The molecule has 0 aromatic carbocycles. The maximum absolute atomic E-state index is 12.1. The summed E-state index contributed by atoms with van der Waals surface area (Å²) >= 11 is 0. The van der Waals surface area contributed by atoms with Gasteiger partial charge in [0, 0.05) is 6.42 Å². The number of hydrogen-bond donors (Lipinski definition) is 6. The van der Waals surface area contributed by atoms with E-state index in [2.05, 4.69) is 10.6 Å². The predicted molar refractivity (Wildman–Crippen MR) is 80.3 cm³/mol. The highest BCUT2D eigenvalue weighted by Gasteiger charge is 2.26. The van der Waals surface area contributed by atoms with Gasteiger partial charge in [0.15, 0.2) is 0 Å². The fourth-order valence-electron chi connectivity index (χ4n) is 1.81. The third-order valence-electron chi connectivity index (χ3n) is 3.05. The van der Waals surface area contributed by atoms with Gasteiger partial charge in [-0.05, 0) is 32.2 Å². The monoisotopic (exact) mass is 332 g/mol. The van der Waals surface area contributed by atoms with Crippen molar-refractivity contribution in [2.24, 2.45) is 11.5 Å². The predicted octanol–water partition coefficient (Wildman–Crippen LogP) is -2.01. The lowest BCUT2D eigenvalue weighted by atomic mass is 10.1. The second kappa shape index (κ2) is 11.4.